The van der Waals surface area contributed by atoms with Crippen LogP contribution in [0.2, 0.25) is 0 Å². The lowest BCUT2D eigenvalue weighted by molar-refractivity contribution is -0.143. The van der Waals surface area contributed by atoms with Gasteiger partial charge in [0.1, 0.15) is 6.73 Å². The lowest BCUT2D eigenvalue weighted by atomic mass is 10.1. The normalized spacial score (nSPS) is 12.9. The van der Waals surface area contributed by atoms with E-state index in [2.05, 4.69) is 4.98 Å². The monoisotopic (exact) mass is 463 g/mol. The number of halogens is 9. The van der Waals surface area contributed by atoms with Crippen LogP contribution in [0.15, 0.2) is 29.1 Å². The van der Waals surface area contributed by atoms with Crippen molar-refractivity contribution in [3.63, 3.8) is 0 Å². The van der Waals surface area contributed by atoms with E-state index in [-0.39, 0.29) is 18.7 Å². The summed E-state index contributed by atoms with van der Waals surface area (Å²) < 4.78 is 124. The molecule has 31 heavy (non-hydrogen) atoms. The molecule has 0 aliphatic carbocycles. The Morgan fingerprint density at radius 3 is 2.03 bits per heavy atom. The number of anilines is 2. The van der Waals surface area contributed by atoms with Crippen LogP contribution in [-0.2, 0) is 29.8 Å². The molecule has 0 aliphatic rings. The zero-order chi connectivity index (χ0) is 23.8. The van der Waals surface area contributed by atoms with E-state index in [0.29, 0.717) is 21.6 Å². The molecule has 1 heterocycles. The van der Waals surface area contributed by atoms with Crippen LogP contribution in [0.3, 0.4) is 0 Å². The van der Waals surface area contributed by atoms with Gasteiger partial charge in [-0.15, -0.1) is 0 Å². The summed E-state index contributed by atoms with van der Waals surface area (Å²) in [6.45, 7) is 0.186. The molecule has 172 valence electrons. The summed E-state index contributed by atoms with van der Waals surface area (Å²) in [6.07, 6.45) is -15.5. The summed E-state index contributed by atoms with van der Waals surface area (Å²) in [4.78, 5) is 15.8. The van der Waals surface area contributed by atoms with E-state index in [1.54, 1.807) is 0 Å². The average molecular weight is 463 g/mol. The third-order valence-corrected chi connectivity index (χ3v) is 4.01. The number of aromatic nitrogens is 2. The number of methoxy groups -OCH3 is 1. The Morgan fingerprint density at radius 1 is 0.968 bits per heavy atom. The molecular formula is C17H14F9N3O2. The largest absolute Gasteiger partial charge is 0.433 e. The fourth-order valence-corrected chi connectivity index (χ4v) is 2.68. The molecule has 0 amide bonds. The summed E-state index contributed by atoms with van der Waals surface area (Å²) >= 11 is 0. The second kappa shape index (κ2) is 8.40. The molecule has 0 N–H and O–H groups in total. The van der Waals surface area contributed by atoms with Gasteiger partial charge in [-0.3, -0.25) is 14.3 Å². The Bertz CT molecular complexity index is 994. The van der Waals surface area contributed by atoms with Crippen molar-refractivity contribution in [2.24, 2.45) is 0 Å². The van der Waals surface area contributed by atoms with Crippen molar-refractivity contribution in [3.8, 4) is 0 Å². The Labute approximate surface area is 168 Å². The highest BCUT2D eigenvalue weighted by molar-refractivity contribution is 5.64. The lowest BCUT2D eigenvalue weighted by Gasteiger charge is -2.28. The van der Waals surface area contributed by atoms with Crippen molar-refractivity contribution in [1.82, 2.24) is 9.55 Å². The van der Waals surface area contributed by atoms with E-state index in [4.69, 9.17) is 4.74 Å². The quantitative estimate of drug-likeness (QED) is 0.460. The predicted molar refractivity (Wildman–Crippen MR) is 89.6 cm³/mol. The van der Waals surface area contributed by atoms with Crippen LogP contribution >= 0.6 is 0 Å². The van der Waals surface area contributed by atoms with Gasteiger partial charge in [0.15, 0.2) is 5.69 Å². The SMILES string of the molecule is CCn1c(N(COC)c2ccc(C(F)(F)F)cc2C(F)(F)F)nc(C(F)(F)F)cc1=O. The van der Waals surface area contributed by atoms with E-state index in [1.165, 1.54) is 6.92 Å². The smallest absolute Gasteiger partial charge is 0.364 e. The summed E-state index contributed by atoms with van der Waals surface area (Å²) in [5.74, 6) is -0.880. The minimum absolute atomic E-state index is 0.162. The second-order valence-electron chi connectivity index (χ2n) is 6.09. The van der Waals surface area contributed by atoms with Crippen LogP contribution < -0.4 is 10.5 Å². The summed E-state index contributed by atoms with van der Waals surface area (Å²) in [6, 6.07) is 0.738. The van der Waals surface area contributed by atoms with E-state index in [9.17, 15) is 44.3 Å². The first kappa shape index (κ1) is 24.5. The number of ether oxygens (including phenoxy) is 1. The van der Waals surface area contributed by atoms with Crippen molar-refractivity contribution < 1.29 is 44.3 Å². The highest BCUT2D eigenvalue weighted by Gasteiger charge is 2.41. The Hall–Kier alpha value is -2.77. The standard InChI is InChI=1S/C17H14F9N3O2/c1-3-28-13(30)7-12(17(24,25)26)27-14(28)29(8-31-2)11-5-4-9(15(18,19)20)6-10(11)16(21,22)23/h4-7H,3,8H2,1-2H3. The van der Waals surface area contributed by atoms with E-state index in [1.807, 2.05) is 0 Å². The highest BCUT2D eigenvalue weighted by Crippen LogP contribution is 2.42. The van der Waals surface area contributed by atoms with Crippen molar-refractivity contribution >= 4 is 11.6 Å². The fourth-order valence-electron chi connectivity index (χ4n) is 2.68. The zero-order valence-electron chi connectivity index (χ0n) is 15.8. The van der Waals surface area contributed by atoms with Crippen molar-refractivity contribution in [3.05, 3.63) is 51.4 Å². The van der Waals surface area contributed by atoms with Gasteiger partial charge in [0.25, 0.3) is 5.56 Å². The molecule has 0 saturated carbocycles. The first-order valence-electron chi connectivity index (χ1n) is 8.35. The van der Waals surface area contributed by atoms with Crippen LogP contribution in [0.25, 0.3) is 0 Å². The Balaban J connectivity index is 2.86. The molecule has 0 aliphatic heterocycles. The molecule has 0 fully saturated rings. The predicted octanol–water partition coefficient (Wildman–Crippen LogP) is 5.06. The van der Waals surface area contributed by atoms with Crippen LogP contribution in [0.5, 0.6) is 0 Å². The fraction of sp³-hybridized carbons (Fsp3) is 0.412. The van der Waals surface area contributed by atoms with Crippen LogP contribution in [0.1, 0.15) is 23.7 Å². The molecule has 2 aromatic rings. The van der Waals surface area contributed by atoms with Crippen LogP contribution in [0, 0.1) is 0 Å². The van der Waals surface area contributed by atoms with E-state index >= 15 is 0 Å². The number of alkyl halides is 9. The van der Waals surface area contributed by atoms with Gasteiger partial charge in [0.2, 0.25) is 5.95 Å². The molecule has 0 bridgehead atoms. The third kappa shape index (κ3) is 5.29. The molecule has 14 heteroatoms. The van der Waals surface area contributed by atoms with Crippen molar-refractivity contribution in [2.75, 3.05) is 18.7 Å². The van der Waals surface area contributed by atoms with Gasteiger partial charge in [-0.2, -0.15) is 39.5 Å². The van der Waals surface area contributed by atoms with Gasteiger partial charge >= 0.3 is 18.5 Å². The first-order chi connectivity index (χ1) is 14.1. The van der Waals surface area contributed by atoms with Crippen LogP contribution in [0.4, 0.5) is 51.1 Å². The molecule has 0 atom stereocenters. The molecular weight excluding hydrogens is 449 g/mol. The van der Waals surface area contributed by atoms with Gasteiger partial charge in [0.05, 0.1) is 16.8 Å². The first-order valence-corrected chi connectivity index (χ1v) is 8.35. The second-order valence-corrected chi connectivity index (χ2v) is 6.09. The molecule has 0 unspecified atom stereocenters. The van der Waals surface area contributed by atoms with Crippen molar-refractivity contribution in [2.45, 2.75) is 32.0 Å². The average Bonchev–Trinajstić information content (AvgIpc) is 2.63. The topological polar surface area (TPSA) is 47.4 Å². The third-order valence-electron chi connectivity index (χ3n) is 4.01. The Morgan fingerprint density at radius 2 is 1.58 bits per heavy atom. The number of rotatable bonds is 5. The molecule has 5 nitrogen and oxygen atoms in total. The van der Waals surface area contributed by atoms with Gasteiger partial charge in [-0.1, -0.05) is 0 Å². The number of hydrogen-bond acceptors (Lipinski definition) is 4. The molecule has 0 radical (unpaired) electrons. The minimum atomic E-state index is -5.32. The maximum absolute atomic E-state index is 13.6. The van der Waals surface area contributed by atoms with Gasteiger partial charge in [-0.25, -0.2) is 4.98 Å². The van der Waals surface area contributed by atoms with Crippen molar-refractivity contribution in [1.29, 1.82) is 0 Å². The molecule has 2 rings (SSSR count). The summed E-state index contributed by atoms with van der Waals surface area (Å²) in [5, 5.41) is 0. The summed E-state index contributed by atoms with van der Waals surface area (Å²) in [7, 11) is 0.992. The van der Waals surface area contributed by atoms with Gasteiger partial charge in [-0.05, 0) is 25.1 Å². The Kier molecular flexibility index (Phi) is 6.64. The zero-order valence-corrected chi connectivity index (χ0v) is 15.8. The van der Waals surface area contributed by atoms with E-state index in [0.717, 1.165) is 7.11 Å². The maximum Gasteiger partial charge on any atom is 0.433 e. The highest BCUT2D eigenvalue weighted by atomic mass is 19.4. The lowest BCUT2D eigenvalue weighted by Crippen LogP contribution is -2.33. The minimum Gasteiger partial charge on any atom is -0.364 e. The summed E-state index contributed by atoms with van der Waals surface area (Å²) in [5.41, 5.74) is -7.30. The number of nitrogens with zero attached hydrogens (tertiary/aromatic N) is 3. The molecule has 1 aromatic carbocycles. The number of hydrogen-bond donors (Lipinski definition) is 0. The molecule has 0 saturated heterocycles. The van der Waals surface area contributed by atoms with E-state index < -0.39 is 59.3 Å². The molecule has 0 spiro atoms. The number of benzene rings is 1. The van der Waals surface area contributed by atoms with Gasteiger partial charge < -0.3 is 4.74 Å². The van der Waals surface area contributed by atoms with Gasteiger partial charge in [0, 0.05) is 19.7 Å². The molecule has 1 aromatic heterocycles. The maximum atomic E-state index is 13.6. The van der Waals surface area contributed by atoms with Crippen LogP contribution in [-0.4, -0.2) is 23.4 Å².